The van der Waals surface area contributed by atoms with Crippen LogP contribution in [-0.4, -0.2) is 25.8 Å². The van der Waals surface area contributed by atoms with Crippen molar-refractivity contribution in [2.45, 2.75) is 56.7 Å². The third-order valence-corrected chi connectivity index (χ3v) is 6.01. The van der Waals surface area contributed by atoms with Crippen molar-refractivity contribution in [3.63, 3.8) is 0 Å². The molecular weight excluding hydrogens is 431 g/mol. The van der Waals surface area contributed by atoms with Crippen LogP contribution in [0.2, 0.25) is 0 Å². The van der Waals surface area contributed by atoms with Crippen molar-refractivity contribution in [1.82, 2.24) is 25.3 Å². The van der Waals surface area contributed by atoms with Crippen LogP contribution in [0.3, 0.4) is 0 Å². The monoisotopic (exact) mass is 453 g/mol. The molecule has 2 fully saturated rings. The van der Waals surface area contributed by atoms with Crippen molar-refractivity contribution in [2.24, 2.45) is 0 Å². The van der Waals surface area contributed by atoms with Crippen LogP contribution >= 0.6 is 0 Å². The zero-order chi connectivity index (χ0) is 23.2. The standard InChI is InChI=1S/C24H22F3N5O/c1-13(20-21(29-7-6-28-20)22-30-11-18(12-31-22)15-4-5-15)32-23(33)17-8-16(14-2-3-14)9-19(10-17)24(25,26)27/h6-15H,2-5H2,1H3,(H,32,33). The molecule has 33 heavy (non-hydrogen) atoms. The van der Waals surface area contributed by atoms with E-state index >= 15 is 0 Å². The molecule has 0 saturated heterocycles. The van der Waals surface area contributed by atoms with E-state index in [1.165, 1.54) is 12.4 Å². The lowest BCUT2D eigenvalue weighted by Crippen LogP contribution is -2.28. The summed E-state index contributed by atoms with van der Waals surface area (Å²) < 4.78 is 40.1. The molecule has 9 heteroatoms. The van der Waals surface area contributed by atoms with Gasteiger partial charge in [-0.15, -0.1) is 0 Å². The number of alkyl halides is 3. The van der Waals surface area contributed by atoms with Gasteiger partial charge < -0.3 is 5.32 Å². The predicted molar refractivity (Wildman–Crippen MR) is 114 cm³/mol. The number of nitrogens with one attached hydrogen (secondary N) is 1. The van der Waals surface area contributed by atoms with Gasteiger partial charge in [0.2, 0.25) is 0 Å². The fourth-order valence-electron chi connectivity index (χ4n) is 3.87. The lowest BCUT2D eigenvalue weighted by molar-refractivity contribution is -0.137. The summed E-state index contributed by atoms with van der Waals surface area (Å²) in [6, 6.07) is 2.96. The van der Waals surface area contributed by atoms with Gasteiger partial charge in [0, 0.05) is 30.4 Å². The Hall–Kier alpha value is -3.36. The molecule has 2 saturated carbocycles. The van der Waals surface area contributed by atoms with Gasteiger partial charge in [0.1, 0.15) is 5.69 Å². The first-order valence-electron chi connectivity index (χ1n) is 11.0. The number of hydrogen-bond acceptors (Lipinski definition) is 5. The molecule has 170 valence electrons. The van der Waals surface area contributed by atoms with E-state index in [9.17, 15) is 18.0 Å². The molecule has 1 amide bonds. The summed E-state index contributed by atoms with van der Waals surface area (Å²) in [5, 5.41) is 2.76. The Balaban J connectivity index is 1.39. The van der Waals surface area contributed by atoms with E-state index in [4.69, 9.17) is 0 Å². The maximum absolute atomic E-state index is 13.4. The molecule has 0 bridgehead atoms. The van der Waals surface area contributed by atoms with Gasteiger partial charge in [-0.05, 0) is 73.8 Å². The van der Waals surface area contributed by atoms with Crippen LogP contribution < -0.4 is 5.32 Å². The smallest absolute Gasteiger partial charge is 0.344 e. The van der Waals surface area contributed by atoms with Crippen molar-refractivity contribution < 1.29 is 18.0 Å². The molecule has 3 aromatic rings. The number of amides is 1. The summed E-state index contributed by atoms with van der Waals surface area (Å²) in [5.41, 5.74) is 1.67. The highest BCUT2D eigenvalue weighted by Gasteiger charge is 2.34. The van der Waals surface area contributed by atoms with Crippen LogP contribution in [0.25, 0.3) is 11.5 Å². The molecule has 6 nitrogen and oxygen atoms in total. The molecule has 1 N–H and O–H groups in total. The molecule has 2 aliphatic rings. The van der Waals surface area contributed by atoms with Gasteiger partial charge in [0.25, 0.3) is 5.91 Å². The lowest BCUT2D eigenvalue weighted by Gasteiger charge is -2.17. The first kappa shape index (κ1) is 21.5. The van der Waals surface area contributed by atoms with Crippen LogP contribution in [0.5, 0.6) is 0 Å². The maximum atomic E-state index is 13.4. The zero-order valence-electron chi connectivity index (χ0n) is 17.9. The summed E-state index contributed by atoms with van der Waals surface area (Å²) in [5.74, 6) is 0.390. The quantitative estimate of drug-likeness (QED) is 0.555. The Morgan fingerprint density at radius 1 is 0.939 bits per heavy atom. The predicted octanol–water partition coefficient (Wildman–Crippen LogP) is 5.20. The maximum Gasteiger partial charge on any atom is 0.416 e. The number of benzene rings is 1. The number of halogens is 3. The van der Waals surface area contributed by atoms with Crippen molar-refractivity contribution in [1.29, 1.82) is 0 Å². The second-order valence-corrected chi connectivity index (χ2v) is 8.72. The minimum Gasteiger partial charge on any atom is -0.344 e. The Morgan fingerprint density at radius 3 is 2.21 bits per heavy atom. The fourth-order valence-corrected chi connectivity index (χ4v) is 3.87. The highest BCUT2D eigenvalue weighted by atomic mass is 19.4. The summed E-state index contributed by atoms with van der Waals surface area (Å²) in [4.78, 5) is 30.4. The van der Waals surface area contributed by atoms with E-state index < -0.39 is 23.7 Å². The van der Waals surface area contributed by atoms with E-state index in [1.54, 1.807) is 25.4 Å². The molecule has 5 rings (SSSR count). The van der Waals surface area contributed by atoms with Gasteiger partial charge in [-0.2, -0.15) is 13.2 Å². The second kappa shape index (κ2) is 8.20. The largest absolute Gasteiger partial charge is 0.416 e. The number of aromatic nitrogens is 4. The SMILES string of the molecule is CC(NC(=O)c1cc(C2CC2)cc(C(F)(F)F)c1)c1nccnc1-c1ncc(C2CC2)cn1. The average Bonchev–Trinajstić information content (AvgIpc) is 3.71. The van der Waals surface area contributed by atoms with Gasteiger partial charge in [0.15, 0.2) is 5.82 Å². The molecule has 2 heterocycles. The summed E-state index contributed by atoms with van der Waals surface area (Å²) >= 11 is 0. The Kier molecular flexibility index (Phi) is 5.34. The van der Waals surface area contributed by atoms with E-state index in [0.717, 1.165) is 43.4 Å². The Labute approximate surface area is 188 Å². The first-order valence-corrected chi connectivity index (χ1v) is 11.0. The van der Waals surface area contributed by atoms with E-state index in [2.05, 4.69) is 25.3 Å². The Bertz CT molecular complexity index is 1190. The fraction of sp³-hybridized carbons (Fsp3) is 0.375. The van der Waals surface area contributed by atoms with E-state index in [1.807, 2.05) is 0 Å². The van der Waals surface area contributed by atoms with Gasteiger partial charge >= 0.3 is 6.18 Å². The van der Waals surface area contributed by atoms with Gasteiger partial charge in [0.05, 0.1) is 17.3 Å². The van der Waals surface area contributed by atoms with Crippen molar-refractivity contribution in [3.8, 4) is 11.5 Å². The van der Waals surface area contributed by atoms with Crippen LogP contribution in [0, 0.1) is 0 Å². The van der Waals surface area contributed by atoms with Crippen molar-refractivity contribution in [2.75, 3.05) is 0 Å². The van der Waals surface area contributed by atoms with Crippen molar-refractivity contribution >= 4 is 5.91 Å². The summed E-state index contributed by atoms with van der Waals surface area (Å²) in [6.07, 6.45) is 6.00. The lowest BCUT2D eigenvalue weighted by atomic mass is 10.0. The van der Waals surface area contributed by atoms with Crippen LogP contribution in [0.1, 0.15) is 83.2 Å². The molecule has 1 aromatic carbocycles. The minimum absolute atomic E-state index is 0.0194. The molecule has 1 atom stereocenters. The number of carbonyl (C=O) groups excluding carboxylic acids is 1. The molecular formula is C24H22F3N5O. The number of hydrogen-bond donors (Lipinski definition) is 1. The Morgan fingerprint density at radius 2 is 1.58 bits per heavy atom. The van der Waals surface area contributed by atoms with Gasteiger partial charge in [-0.25, -0.2) is 15.0 Å². The van der Waals surface area contributed by atoms with Gasteiger partial charge in [-0.3, -0.25) is 9.78 Å². The highest BCUT2D eigenvalue weighted by molar-refractivity contribution is 5.95. The number of rotatable bonds is 6. The molecule has 2 aliphatic carbocycles. The third kappa shape index (κ3) is 4.72. The number of nitrogens with zero attached hydrogens (tertiary/aromatic N) is 4. The van der Waals surface area contributed by atoms with Gasteiger partial charge in [-0.1, -0.05) is 0 Å². The molecule has 2 aromatic heterocycles. The average molecular weight is 453 g/mol. The topological polar surface area (TPSA) is 80.7 Å². The third-order valence-electron chi connectivity index (χ3n) is 6.01. The number of carbonyl (C=O) groups is 1. The molecule has 0 spiro atoms. The van der Waals surface area contributed by atoms with Crippen molar-refractivity contribution in [3.05, 3.63) is 70.9 Å². The zero-order valence-corrected chi connectivity index (χ0v) is 17.9. The summed E-state index contributed by atoms with van der Waals surface area (Å²) in [6.45, 7) is 1.71. The van der Waals surface area contributed by atoms with Crippen LogP contribution in [-0.2, 0) is 6.18 Å². The van der Waals surface area contributed by atoms with Crippen LogP contribution in [0.15, 0.2) is 43.0 Å². The molecule has 0 aliphatic heterocycles. The highest BCUT2D eigenvalue weighted by Crippen LogP contribution is 2.43. The first-order chi connectivity index (χ1) is 15.8. The summed E-state index contributed by atoms with van der Waals surface area (Å²) in [7, 11) is 0. The minimum atomic E-state index is -4.52. The van der Waals surface area contributed by atoms with E-state index in [0.29, 0.717) is 28.7 Å². The molecule has 1 unspecified atom stereocenters. The molecule has 0 radical (unpaired) electrons. The second-order valence-electron chi connectivity index (χ2n) is 8.72. The van der Waals surface area contributed by atoms with Crippen LogP contribution in [0.4, 0.5) is 13.2 Å². The normalized spacial score (nSPS) is 17.0. The van der Waals surface area contributed by atoms with E-state index in [-0.39, 0.29) is 11.5 Å².